The van der Waals surface area contributed by atoms with E-state index in [-0.39, 0.29) is 17.2 Å². The number of hydrogen-bond acceptors (Lipinski definition) is 9. The monoisotopic (exact) mass is 473 g/mol. The summed E-state index contributed by atoms with van der Waals surface area (Å²) < 4.78 is 12.6. The van der Waals surface area contributed by atoms with Gasteiger partial charge >= 0.3 is 6.82 Å². The highest BCUT2D eigenvalue weighted by Crippen LogP contribution is 2.34. The fraction of sp³-hybridized carbons (Fsp3) is 0.0870. The molecular formula is C23H20BN5O6. The maximum Gasteiger partial charge on any atom is 0.824 e. The number of azo groups is 1. The van der Waals surface area contributed by atoms with Gasteiger partial charge in [0, 0.05) is 49.4 Å². The standard InChI is InChI=1S/C23H20BN5O6/c1-17(30)34-24(35-18(2)31)27(20-11-7-4-8-12-20)25-23(19-9-5-3-6-10-19)26-28(24)21-13-15-22(16-14-21)29(32)33/h3-16H,1-2H3. The van der Waals surface area contributed by atoms with E-state index < -0.39 is 23.7 Å². The Labute approximate surface area is 200 Å². The van der Waals surface area contributed by atoms with Gasteiger partial charge in [-0.2, -0.15) is 9.71 Å². The molecule has 12 heteroatoms. The van der Waals surface area contributed by atoms with Crippen LogP contribution in [-0.4, -0.2) is 34.1 Å². The van der Waals surface area contributed by atoms with Gasteiger partial charge in [-0.25, -0.2) is 0 Å². The van der Waals surface area contributed by atoms with Crippen LogP contribution in [0.1, 0.15) is 19.4 Å². The first-order chi connectivity index (χ1) is 16.8. The zero-order chi connectivity index (χ0) is 25.0. The molecule has 1 aliphatic heterocycles. The molecule has 0 bridgehead atoms. The summed E-state index contributed by atoms with van der Waals surface area (Å²) in [6, 6.07) is 23.1. The van der Waals surface area contributed by atoms with Gasteiger partial charge in [0.15, 0.2) is 5.69 Å². The summed E-state index contributed by atoms with van der Waals surface area (Å²) in [6.45, 7) is -0.876. The highest BCUT2D eigenvalue weighted by molar-refractivity contribution is 6.67. The quantitative estimate of drug-likeness (QED) is 0.299. The normalized spacial score (nSPS) is 14.4. The Kier molecular flexibility index (Phi) is 6.36. The van der Waals surface area contributed by atoms with E-state index in [1.54, 1.807) is 42.5 Å². The average molecular weight is 473 g/mol. The minimum absolute atomic E-state index is 0.152. The largest absolute Gasteiger partial charge is 0.824 e. The Hall–Kier alpha value is -4.87. The van der Waals surface area contributed by atoms with Gasteiger partial charge in [-0.15, -0.1) is 0 Å². The number of non-ortho nitro benzene ring substituents is 1. The molecule has 0 saturated heterocycles. The van der Waals surface area contributed by atoms with E-state index in [2.05, 4.69) is 10.2 Å². The lowest BCUT2D eigenvalue weighted by Gasteiger charge is -2.41. The van der Waals surface area contributed by atoms with Crippen molar-refractivity contribution >= 4 is 41.7 Å². The highest BCUT2D eigenvalue weighted by Gasteiger charge is 2.62. The molecule has 0 N–H and O–H groups in total. The van der Waals surface area contributed by atoms with Gasteiger partial charge in [-0.3, -0.25) is 24.6 Å². The second-order valence-electron chi connectivity index (χ2n) is 7.54. The van der Waals surface area contributed by atoms with Crippen LogP contribution in [0.5, 0.6) is 0 Å². The summed E-state index contributed by atoms with van der Waals surface area (Å²) in [7, 11) is 0. The third kappa shape index (κ3) is 4.76. The maximum atomic E-state index is 12.3. The Morgan fingerprint density at radius 2 is 1.43 bits per heavy atom. The summed E-state index contributed by atoms with van der Waals surface area (Å²) in [5.41, 5.74) is 1.20. The zero-order valence-electron chi connectivity index (χ0n) is 18.8. The second kappa shape index (κ2) is 9.55. The first-order valence-electron chi connectivity index (χ1n) is 10.6. The van der Waals surface area contributed by atoms with Gasteiger partial charge < -0.3 is 9.31 Å². The molecule has 0 radical (unpaired) electrons. The van der Waals surface area contributed by atoms with Crippen LogP contribution < -0.4 is 4.92 Å². The van der Waals surface area contributed by atoms with Crippen LogP contribution in [0.3, 0.4) is 0 Å². The molecule has 0 aromatic heterocycles. The summed E-state index contributed by atoms with van der Waals surface area (Å²) in [6.07, 6.45) is 0. The van der Waals surface area contributed by atoms with Gasteiger partial charge in [0.1, 0.15) is 0 Å². The molecule has 1 heterocycles. The van der Waals surface area contributed by atoms with Crippen LogP contribution in [0.15, 0.2) is 95.1 Å². The van der Waals surface area contributed by atoms with E-state index in [4.69, 9.17) is 9.31 Å². The molecule has 0 aliphatic carbocycles. The summed E-state index contributed by atoms with van der Waals surface area (Å²) in [4.78, 5) is 36.6. The van der Waals surface area contributed by atoms with Gasteiger partial charge in [0.05, 0.1) is 4.92 Å². The minimum atomic E-state index is -3.21. The maximum absolute atomic E-state index is 12.3. The van der Waals surface area contributed by atoms with E-state index in [1.807, 2.05) is 18.2 Å². The predicted molar refractivity (Wildman–Crippen MR) is 127 cm³/mol. The summed E-state index contributed by atoms with van der Waals surface area (Å²) in [5.74, 6) is -1.29. The molecule has 4 rings (SSSR count). The predicted octanol–water partition coefficient (Wildman–Crippen LogP) is 4.13. The molecule has 176 valence electrons. The molecule has 3 aromatic carbocycles. The van der Waals surface area contributed by atoms with Gasteiger partial charge in [0.25, 0.3) is 17.6 Å². The van der Waals surface area contributed by atoms with Crippen LogP contribution in [0, 0.1) is 10.1 Å². The molecule has 0 atom stereocenters. The van der Waals surface area contributed by atoms with Gasteiger partial charge in [0.2, 0.25) is 5.84 Å². The molecule has 35 heavy (non-hydrogen) atoms. The van der Waals surface area contributed by atoms with Crippen LogP contribution >= 0.6 is 0 Å². The Morgan fingerprint density at radius 3 is 1.94 bits per heavy atom. The minimum Gasteiger partial charge on any atom is -0.573 e. The third-order valence-corrected chi connectivity index (χ3v) is 5.04. The number of nitro benzene ring substituents is 1. The third-order valence-electron chi connectivity index (χ3n) is 5.04. The fourth-order valence-corrected chi connectivity index (χ4v) is 3.63. The van der Waals surface area contributed by atoms with Crippen LogP contribution in [0.4, 0.5) is 17.1 Å². The number of para-hydroxylation sites is 1. The second-order valence-corrected chi connectivity index (χ2v) is 7.54. The number of hydrogen-bond donors (Lipinski definition) is 0. The van der Waals surface area contributed by atoms with Crippen molar-refractivity contribution in [1.29, 1.82) is 0 Å². The van der Waals surface area contributed by atoms with Crippen LogP contribution in [0.2, 0.25) is 0 Å². The zero-order valence-corrected chi connectivity index (χ0v) is 18.8. The first-order valence-corrected chi connectivity index (χ1v) is 10.6. The fourth-order valence-electron chi connectivity index (χ4n) is 3.63. The molecule has 11 nitrogen and oxygen atoms in total. The van der Waals surface area contributed by atoms with Gasteiger partial charge in [-0.05, 0) is 17.2 Å². The SMILES string of the molecule is CC(=O)O[B-]1(OC(C)=O)N(c2ccccc2)N=C(c2ccccc2)N=[N+]1c1ccc([N+](=O)[O-])cc1. The lowest BCUT2D eigenvalue weighted by molar-refractivity contribution is -0.414. The van der Waals surface area contributed by atoms with Crippen molar-refractivity contribution < 1.29 is 28.4 Å². The van der Waals surface area contributed by atoms with Crippen molar-refractivity contribution in [3.63, 3.8) is 0 Å². The van der Waals surface area contributed by atoms with Crippen LogP contribution in [0.25, 0.3) is 0 Å². The number of carbonyl (C=O) groups is 2. The number of carbonyl (C=O) groups excluding carboxylic acids is 2. The number of anilines is 1. The molecular weight excluding hydrogens is 453 g/mol. The lowest BCUT2D eigenvalue weighted by atomic mass is 9.83. The number of hydrazone groups is 1. The number of rotatable bonds is 6. The highest BCUT2D eigenvalue weighted by atomic mass is 16.7. The number of benzene rings is 3. The molecule has 3 aromatic rings. The Morgan fingerprint density at radius 1 is 0.886 bits per heavy atom. The van der Waals surface area contributed by atoms with E-state index in [1.165, 1.54) is 47.6 Å². The van der Waals surface area contributed by atoms with E-state index in [0.29, 0.717) is 11.3 Å². The molecule has 0 fully saturated rings. The number of nitrogens with zero attached hydrogens (tertiary/aromatic N) is 5. The topological polar surface area (TPSA) is 127 Å². The van der Waals surface area contributed by atoms with Crippen molar-refractivity contribution in [3.05, 3.63) is 101 Å². The molecule has 0 spiro atoms. The Balaban J connectivity index is 2.02. The van der Waals surface area contributed by atoms with Crippen molar-refractivity contribution in [3.8, 4) is 0 Å². The first kappa shape index (κ1) is 23.3. The molecule has 0 unspecified atom stereocenters. The summed E-state index contributed by atoms with van der Waals surface area (Å²) >= 11 is 0. The van der Waals surface area contributed by atoms with E-state index in [0.717, 1.165) is 0 Å². The smallest absolute Gasteiger partial charge is 0.573 e. The van der Waals surface area contributed by atoms with Crippen molar-refractivity contribution in [1.82, 2.24) is 0 Å². The average Bonchev–Trinajstić information content (AvgIpc) is 2.84. The molecule has 1 aliphatic rings. The van der Waals surface area contributed by atoms with E-state index in [9.17, 15) is 19.7 Å². The van der Waals surface area contributed by atoms with E-state index >= 15 is 0 Å². The van der Waals surface area contributed by atoms with Crippen LogP contribution in [-0.2, 0) is 18.9 Å². The Bertz CT molecular complexity index is 1310. The van der Waals surface area contributed by atoms with Crippen molar-refractivity contribution in [2.75, 3.05) is 4.92 Å². The number of amidine groups is 1. The van der Waals surface area contributed by atoms with Gasteiger partial charge in [-0.1, -0.05) is 48.5 Å². The van der Waals surface area contributed by atoms with Crippen molar-refractivity contribution in [2.45, 2.75) is 13.8 Å². The van der Waals surface area contributed by atoms with Crippen molar-refractivity contribution in [2.24, 2.45) is 10.2 Å². The lowest BCUT2D eigenvalue weighted by Crippen LogP contribution is -2.66. The summed E-state index contributed by atoms with van der Waals surface area (Å²) in [5, 5.41) is 20.4. The molecule has 0 amide bonds. The number of nitro groups is 1. The molecule has 0 saturated carbocycles.